The highest BCUT2D eigenvalue weighted by Gasteiger charge is 2.39. The molecule has 2 aromatic carbocycles. The number of aliphatic hydroxyl groups is 1. The number of unbranched alkanes of at least 4 members (excludes halogenated alkanes) is 10. The number of hydrogen-bond donors (Lipinski definition) is 2. The summed E-state index contributed by atoms with van der Waals surface area (Å²) in [5.74, 6) is 0.0439. The van der Waals surface area contributed by atoms with Gasteiger partial charge in [0, 0.05) is 30.6 Å². The average molecular weight is 595 g/mol. The molecule has 3 rings (SSSR count). The van der Waals surface area contributed by atoms with Crippen LogP contribution in [-0.2, 0) is 20.9 Å². The monoisotopic (exact) mass is 594 g/mol. The maximum Gasteiger partial charge on any atom is 0.221 e. The van der Waals surface area contributed by atoms with Crippen LogP contribution in [0.4, 0.5) is 5.69 Å². The van der Waals surface area contributed by atoms with Gasteiger partial charge < -0.3 is 24.8 Å². The minimum Gasteiger partial charge on any atom is -0.392 e. The molecule has 6 heteroatoms. The van der Waals surface area contributed by atoms with E-state index >= 15 is 0 Å². The van der Waals surface area contributed by atoms with E-state index in [0.717, 1.165) is 42.0 Å². The lowest BCUT2D eigenvalue weighted by Gasteiger charge is -2.43. The summed E-state index contributed by atoms with van der Waals surface area (Å²) in [6, 6.07) is 15.9. The molecule has 1 aliphatic rings. The Kier molecular flexibility index (Phi) is 16.3. The molecule has 1 aliphatic heterocycles. The molecule has 43 heavy (non-hydrogen) atoms. The van der Waals surface area contributed by atoms with Crippen molar-refractivity contribution in [3.05, 3.63) is 65.2 Å². The molecular weight excluding hydrogens is 536 g/mol. The van der Waals surface area contributed by atoms with Crippen LogP contribution in [0.25, 0.3) is 0 Å². The Morgan fingerprint density at radius 3 is 2.00 bits per heavy atom. The van der Waals surface area contributed by atoms with Gasteiger partial charge in [0.1, 0.15) is 0 Å². The van der Waals surface area contributed by atoms with Crippen molar-refractivity contribution in [1.29, 1.82) is 0 Å². The average Bonchev–Trinajstić information content (AvgIpc) is 3.01. The smallest absolute Gasteiger partial charge is 0.221 e. The van der Waals surface area contributed by atoms with Gasteiger partial charge in [-0.15, -0.1) is 0 Å². The van der Waals surface area contributed by atoms with Gasteiger partial charge in [0.25, 0.3) is 0 Å². The number of aliphatic hydroxyl groups excluding tert-OH is 1. The Hall–Kier alpha value is -2.25. The van der Waals surface area contributed by atoms with Crippen LogP contribution in [0.3, 0.4) is 0 Å². The van der Waals surface area contributed by atoms with Crippen LogP contribution in [0.2, 0.25) is 0 Å². The lowest BCUT2D eigenvalue weighted by atomic mass is 9.90. The topological polar surface area (TPSA) is 71.0 Å². The number of hydrogen-bond acceptors (Lipinski definition) is 5. The number of amides is 1. The summed E-state index contributed by atoms with van der Waals surface area (Å²) in [6.45, 7) is 11.4. The Morgan fingerprint density at radius 2 is 1.42 bits per heavy atom. The minimum atomic E-state index is -0.539. The third-order valence-corrected chi connectivity index (χ3v) is 8.70. The molecule has 0 aromatic heterocycles. The van der Waals surface area contributed by atoms with Crippen molar-refractivity contribution in [1.82, 2.24) is 4.90 Å². The molecule has 2 N–H and O–H groups in total. The van der Waals surface area contributed by atoms with E-state index in [9.17, 15) is 9.90 Å². The molecule has 0 radical (unpaired) electrons. The molecular formula is C37H58N2O4. The second kappa shape index (κ2) is 19.9. The van der Waals surface area contributed by atoms with Crippen molar-refractivity contribution in [2.24, 2.45) is 5.92 Å². The molecule has 1 heterocycles. The largest absolute Gasteiger partial charge is 0.392 e. The summed E-state index contributed by atoms with van der Waals surface area (Å²) >= 11 is 0. The van der Waals surface area contributed by atoms with Gasteiger partial charge in [-0.2, -0.15) is 0 Å². The third-order valence-electron chi connectivity index (χ3n) is 8.70. The number of carbonyl (C=O) groups is 1. The first kappa shape index (κ1) is 35.2. The highest BCUT2D eigenvalue weighted by molar-refractivity contribution is 5.88. The molecule has 0 unspecified atom stereocenters. The number of rotatable bonds is 20. The lowest BCUT2D eigenvalue weighted by Crippen LogP contribution is -2.45. The van der Waals surface area contributed by atoms with E-state index in [1.807, 2.05) is 36.4 Å². The van der Waals surface area contributed by atoms with Crippen LogP contribution in [0.1, 0.15) is 134 Å². The van der Waals surface area contributed by atoms with Gasteiger partial charge >= 0.3 is 0 Å². The number of anilines is 1. The standard InChI is InChI=1S/C37H58N2O4/c1-5-7-9-11-13-15-24-39(25-16-14-12-10-8-6-2)27-35-29(3)36(32-22-20-31(28-40)21-23-32)43-37(42-35)33-18-17-19-34(26-33)38-30(4)41/h17-23,26,29,35-37,40H,5-16,24-25,27-28H2,1-4H3,(H,38,41)/t29-,35+,36+,37+/m0/s1. The van der Waals surface area contributed by atoms with Gasteiger partial charge in [-0.1, -0.05) is 121 Å². The van der Waals surface area contributed by atoms with Crippen LogP contribution >= 0.6 is 0 Å². The van der Waals surface area contributed by atoms with Gasteiger partial charge in [-0.05, 0) is 49.2 Å². The Labute approximate surface area is 261 Å². The minimum absolute atomic E-state index is 0.00845. The Morgan fingerprint density at radius 1 is 0.814 bits per heavy atom. The summed E-state index contributed by atoms with van der Waals surface area (Å²) in [6.07, 6.45) is 14.9. The SMILES string of the molecule is CCCCCCCCN(CCCCCCCC)C[C@H]1O[C@@H](c2cccc(NC(C)=O)c2)O[C@@H](c2ccc(CO)cc2)[C@H]1C. The Balaban J connectivity index is 1.78. The molecule has 6 nitrogen and oxygen atoms in total. The van der Waals surface area contributed by atoms with E-state index < -0.39 is 6.29 Å². The van der Waals surface area contributed by atoms with Crippen LogP contribution < -0.4 is 5.32 Å². The van der Waals surface area contributed by atoms with Crippen molar-refractivity contribution < 1.29 is 19.4 Å². The highest BCUT2D eigenvalue weighted by Crippen LogP contribution is 2.42. The molecule has 2 aromatic rings. The fourth-order valence-electron chi connectivity index (χ4n) is 6.07. The maximum absolute atomic E-state index is 11.7. The Bertz CT molecular complexity index is 1030. The van der Waals surface area contributed by atoms with E-state index in [2.05, 4.69) is 43.1 Å². The summed E-state index contributed by atoms with van der Waals surface area (Å²) in [4.78, 5) is 14.4. The maximum atomic E-state index is 11.7. The number of benzene rings is 2. The summed E-state index contributed by atoms with van der Waals surface area (Å²) in [5, 5.41) is 12.5. The molecule has 1 amide bonds. The number of ether oxygens (including phenoxy) is 2. The molecule has 240 valence electrons. The van der Waals surface area contributed by atoms with Crippen molar-refractivity contribution in [3.8, 4) is 0 Å². The first-order chi connectivity index (χ1) is 20.9. The zero-order valence-corrected chi connectivity index (χ0v) is 27.4. The van der Waals surface area contributed by atoms with Gasteiger partial charge in [0.2, 0.25) is 5.91 Å². The molecule has 4 atom stereocenters. The summed E-state index contributed by atoms with van der Waals surface area (Å²) in [5.41, 5.74) is 3.63. The van der Waals surface area contributed by atoms with E-state index in [0.29, 0.717) is 0 Å². The van der Waals surface area contributed by atoms with Crippen molar-refractivity contribution >= 4 is 11.6 Å². The summed E-state index contributed by atoms with van der Waals surface area (Å²) < 4.78 is 13.4. The molecule has 0 saturated carbocycles. The quantitative estimate of drug-likeness (QED) is 0.150. The van der Waals surface area contributed by atoms with E-state index in [-0.39, 0.29) is 30.6 Å². The molecule has 0 spiro atoms. The molecule has 0 bridgehead atoms. The predicted molar refractivity (Wildman–Crippen MR) is 177 cm³/mol. The van der Waals surface area contributed by atoms with Crippen molar-refractivity contribution in [2.45, 2.75) is 130 Å². The first-order valence-corrected chi connectivity index (χ1v) is 17.1. The second-order valence-electron chi connectivity index (χ2n) is 12.5. The number of nitrogens with one attached hydrogen (secondary N) is 1. The number of carbonyl (C=O) groups excluding carboxylic acids is 1. The van der Waals surface area contributed by atoms with Gasteiger partial charge in [0.05, 0.1) is 18.8 Å². The summed E-state index contributed by atoms with van der Waals surface area (Å²) in [7, 11) is 0. The molecule has 1 fully saturated rings. The zero-order chi connectivity index (χ0) is 30.9. The third kappa shape index (κ3) is 12.3. The predicted octanol–water partition coefficient (Wildman–Crippen LogP) is 8.95. The van der Waals surface area contributed by atoms with E-state index in [4.69, 9.17) is 9.47 Å². The fourth-order valence-corrected chi connectivity index (χ4v) is 6.07. The van der Waals surface area contributed by atoms with E-state index in [1.54, 1.807) is 0 Å². The molecule has 1 saturated heterocycles. The van der Waals surface area contributed by atoms with E-state index in [1.165, 1.54) is 84.0 Å². The van der Waals surface area contributed by atoms with Gasteiger partial charge in [0.15, 0.2) is 6.29 Å². The second-order valence-corrected chi connectivity index (χ2v) is 12.5. The molecule has 0 aliphatic carbocycles. The lowest BCUT2D eigenvalue weighted by molar-refractivity contribution is -0.276. The van der Waals surface area contributed by atoms with Crippen LogP contribution in [-0.4, -0.2) is 41.7 Å². The van der Waals surface area contributed by atoms with Crippen LogP contribution in [0, 0.1) is 5.92 Å². The first-order valence-electron chi connectivity index (χ1n) is 17.1. The van der Waals surface area contributed by atoms with Crippen LogP contribution in [0.5, 0.6) is 0 Å². The van der Waals surface area contributed by atoms with Crippen LogP contribution in [0.15, 0.2) is 48.5 Å². The normalized spacial score (nSPS) is 20.4. The zero-order valence-electron chi connectivity index (χ0n) is 27.4. The van der Waals surface area contributed by atoms with Gasteiger partial charge in [-0.3, -0.25) is 4.79 Å². The van der Waals surface area contributed by atoms with Crippen molar-refractivity contribution in [2.75, 3.05) is 25.0 Å². The number of nitrogens with zero attached hydrogens (tertiary/aromatic N) is 1. The van der Waals surface area contributed by atoms with Gasteiger partial charge in [-0.25, -0.2) is 0 Å². The van der Waals surface area contributed by atoms with Crippen molar-refractivity contribution in [3.63, 3.8) is 0 Å². The fraction of sp³-hybridized carbons (Fsp3) is 0.649. The highest BCUT2D eigenvalue weighted by atomic mass is 16.7.